The Kier molecular flexibility index (Phi) is 6.19. The number of alkyl halides is 3. The Morgan fingerprint density at radius 3 is 2.69 bits per heavy atom. The Morgan fingerprint density at radius 1 is 1.28 bits per heavy atom. The van der Waals surface area contributed by atoms with Crippen molar-refractivity contribution in [2.75, 3.05) is 38.7 Å². The molecule has 2 fully saturated rings. The van der Waals surface area contributed by atoms with Crippen molar-refractivity contribution >= 4 is 11.7 Å². The number of carbonyl (C=O) groups excluding carboxylic acids is 1. The monoisotopic (exact) mass is 507 g/mol. The molecule has 11 heteroatoms. The molecule has 36 heavy (non-hydrogen) atoms. The number of aryl methyl sites for hydroxylation is 1. The van der Waals surface area contributed by atoms with E-state index in [9.17, 15) is 22.4 Å². The van der Waals surface area contributed by atoms with Crippen LogP contribution in [0.1, 0.15) is 54.0 Å². The maximum atomic E-state index is 14.9. The largest absolute Gasteiger partial charge is 0.419 e. The van der Waals surface area contributed by atoms with E-state index in [0.717, 1.165) is 24.6 Å². The van der Waals surface area contributed by atoms with Gasteiger partial charge in [-0.25, -0.2) is 14.4 Å². The maximum absolute atomic E-state index is 14.9. The number of anilines is 1. The molecule has 2 saturated heterocycles. The lowest BCUT2D eigenvalue weighted by atomic mass is 9.76. The Balaban J connectivity index is 1.57. The van der Waals surface area contributed by atoms with Crippen LogP contribution in [0.3, 0.4) is 0 Å². The van der Waals surface area contributed by atoms with Crippen LogP contribution in [0.15, 0.2) is 18.2 Å². The molecule has 1 unspecified atom stereocenters. The quantitative estimate of drug-likeness (QED) is 0.635. The van der Waals surface area contributed by atoms with Gasteiger partial charge < -0.3 is 19.9 Å². The normalized spacial score (nSPS) is 25.5. The minimum atomic E-state index is -4.80. The predicted molar refractivity (Wildman–Crippen MR) is 124 cm³/mol. The second kappa shape index (κ2) is 8.95. The number of nitrogens with one attached hydrogen (secondary N) is 1. The van der Waals surface area contributed by atoms with E-state index in [2.05, 4.69) is 15.2 Å². The van der Waals surface area contributed by atoms with Crippen LogP contribution in [-0.2, 0) is 27.7 Å². The molecule has 1 spiro atoms. The number of hydrogen-bond donors (Lipinski definition) is 1. The minimum absolute atomic E-state index is 0.0240. The number of fused-ring (bicyclic) bond motifs is 2. The van der Waals surface area contributed by atoms with E-state index < -0.39 is 29.0 Å². The third kappa shape index (κ3) is 4.11. The van der Waals surface area contributed by atoms with E-state index in [1.54, 1.807) is 13.8 Å². The average Bonchev–Trinajstić information content (AvgIpc) is 3.47. The van der Waals surface area contributed by atoms with Crippen molar-refractivity contribution in [3.05, 3.63) is 52.2 Å². The molecule has 194 valence electrons. The van der Waals surface area contributed by atoms with Gasteiger partial charge in [-0.15, -0.1) is 0 Å². The van der Waals surface area contributed by atoms with Crippen LogP contribution in [0, 0.1) is 12.7 Å². The molecule has 3 aliphatic rings. The highest BCUT2D eigenvalue weighted by atomic mass is 19.4. The summed E-state index contributed by atoms with van der Waals surface area (Å²) in [6.07, 6.45) is -3.46. The number of nitrogens with zero attached hydrogens (tertiary/aromatic N) is 4. The summed E-state index contributed by atoms with van der Waals surface area (Å²) in [6.45, 7) is 5.85. The zero-order valence-corrected chi connectivity index (χ0v) is 20.5. The number of ether oxygens (including phenoxy) is 1. The maximum Gasteiger partial charge on any atom is 0.419 e. The van der Waals surface area contributed by atoms with Gasteiger partial charge in [0.05, 0.1) is 36.5 Å². The fraction of sp³-hybridized carbons (Fsp3) is 0.560. The minimum Gasteiger partial charge on any atom is -0.379 e. The van der Waals surface area contributed by atoms with Crippen molar-refractivity contribution in [2.45, 2.75) is 56.9 Å². The molecule has 0 bridgehead atoms. The lowest BCUT2D eigenvalue weighted by Gasteiger charge is -2.43. The van der Waals surface area contributed by atoms with E-state index >= 15 is 0 Å². The zero-order chi connectivity index (χ0) is 25.8. The van der Waals surface area contributed by atoms with Crippen molar-refractivity contribution in [1.29, 1.82) is 0 Å². The molecule has 0 saturated carbocycles. The molecule has 1 amide bonds. The number of likely N-dealkylation sites (N-methyl/N-ethyl adjacent to an activating group) is 1. The van der Waals surface area contributed by atoms with Gasteiger partial charge in [0.15, 0.2) is 0 Å². The van der Waals surface area contributed by atoms with Gasteiger partial charge in [-0.1, -0.05) is 12.1 Å². The second-order valence-corrected chi connectivity index (χ2v) is 10.0. The number of amides is 1. The summed E-state index contributed by atoms with van der Waals surface area (Å²) < 4.78 is 60.3. The Morgan fingerprint density at radius 2 is 2.06 bits per heavy atom. The molecule has 0 radical (unpaired) electrons. The van der Waals surface area contributed by atoms with Gasteiger partial charge >= 0.3 is 6.18 Å². The first kappa shape index (κ1) is 24.9. The summed E-state index contributed by atoms with van der Waals surface area (Å²) in [4.78, 5) is 27.1. The van der Waals surface area contributed by atoms with Crippen LogP contribution in [0.2, 0.25) is 0 Å². The van der Waals surface area contributed by atoms with Crippen molar-refractivity contribution < 1.29 is 27.1 Å². The molecule has 3 atom stereocenters. The van der Waals surface area contributed by atoms with E-state index in [-0.39, 0.29) is 24.1 Å². The van der Waals surface area contributed by atoms with E-state index in [1.807, 2.05) is 11.9 Å². The number of hydrogen-bond acceptors (Lipinski definition) is 6. The van der Waals surface area contributed by atoms with Crippen molar-refractivity contribution in [2.24, 2.45) is 0 Å². The van der Waals surface area contributed by atoms with Crippen molar-refractivity contribution in [3.8, 4) is 0 Å². The third-order valence-corrected chi connectivity index (χ3v) is 7.53. The standard InChI is InChI=1S/C25H29F4N5O2/c1-14(17-5-4-6-19(20(17)26)25(27,28)29)30-22-18-11-34(16-7-10-36-12-16)23(35)24(8-9-33(3)13-24)21(18)31-15(2)32-22/h4-6,14,16H,7-13H2,1-3H3,(H,30,31,32)/t14-,16-,24?/m1/s1. The molecular weight excluding hydrogens is 478 g/mol. The van der Waals surface area contributed by atoms with Crippen LogP contribution in [0.4, 0.5) is 23.4 Å². The van der Waals surface area contributed by atoms with Crippen LogP contribution < -0.4 is 5.32 Å². The van der Waals surface area contributed by atoms with E-state index in [0.29, 0.717) is 43.5 Å². The molecule has 3 aliphatic heterocycles. The first-order chi connectivity index (χ1) is 17.0. The molecule has 1 aromatic carbocycles. The molecule has 7 nitrogen and oxygen atoms in total. The van der Waals surface area contributed by atoms with Gasteiger partial charge in [-0.05, 0) is 46.3 Å². The topological polar surface area (TPSA) is 70.6 Å². The van der Waals surface area contributed by atoms with Gasteiger partial charge in [-0.2, -0.15) is 13.2 Å². The van der Waals surface area contributed by atoms with Crippen LogP contribution in [0.25, 0.3) is 0 Å². The summed E-state index contributed by atoms with van der Waals surface area (Å²) in [7, 11) is 1.96. The second-order valence-electron chi connectivity index (χ2n) is 10.0. The number of halogens is 4. The molecule has 5 rings (SSSR count). The Bertz CT molecular complexity index is 1180. The summed E-state index contributed by atoms with van der Waals surface area (Å²) in [5.74, 6) is -0.436. The smallest absolute Gasteiger partial charge is 0.379 e. The Hall–Kier alpha value is -2.79. The average molecular weight is 508 g/mol. The van der Waals surface area contributed by atoms with E-state index in [4.69, 9.17) is 9.72 Å². The molecule has 4 heterocycles. The summed E-state index contributed by atoms with van der Waals surface area (Å²) in [5, 5.41) is 3.15. The van der Waals surface area contributed by atoms with Crippen LogP contribution >= 0.6 is 0 Å². The number of benzene rings is 1. The molecular formula is C25H29F4N5O2. The lowest BCUT2D eigenvalue weighted by Crippen LogP contribution is -2.56. The number of likely N-dealkylation sites (tertiary alicyclic amines) is 1. The summed E-state index contributed by atoms with van der Waals surface area (Å²) in [6, 6.07) is 2.39. The highest BCUT2D eigenvalue weighted by Crippen LogP contribution is 2.44. The number of aromatic nitrogens is 2. The summed E-state index contributed by atoms with van der Waals surface area (Å²) >= 11 is 0. The van der Waals surface area contributed by atoms with Gasteiger partial charge in [0.25, 0.3) is 0 Å². The third-order valence-electron chi connectivity index (χ3n) is 7.53. The Labute approximate surface area is 206 Å². The van der Waals surface area contributed by atoms with E-state index in [1.165, 1.54) is 12.1 Å². The van der Waals surface area contributed by atoms with Gasteiger partial charge in [0, 0.05) is 24.3 Å². The van der Waals surface area contributed by atoms with Crippen molar-refractivity contribution in [3.63, 3.8) is 0 Å². The lowest BCUT2D eigenvalue weighted by molar-refractivity contribution is -0.142. The number of rotatable bonds is 4. The molecule has 1 aromatic heterocycles. The fourth-order valence-electron chi connectivity index (χ4n) is 5.70. The highest BCUT2D eigenvalue weighted by Gasteiger charge is 2.54. The predicted octanol–water partition coefficient (Wildman–Crippen LogP) is 3.82. The molecule has 0 aliphatic carbocycles. The van der Waals surface area contributed by atoms with Gasteiger partial charge in [0.1, 0.15) is 22.9 Å². The molecule has 2 aromatic rings. The van der Waals surface area contributed by atoms with Crippen molar-refractivity contribution in [1.82, 2.24) is 19.8 Å². The first-order valence-electron chi connectivity index (χ1n) is 12.1. The zero-order valence-electron chi connectivity index (χ0n) is 20.5. The van der Waals surface area contributed by atoms with Gasteiger partial charge in [0.2, 0.25) is 5.91 Å². The summed E-state index contributed by atoms with van der Waals surface area (Å²) in [5.41, 5.74) is -0.876. The fourth-order valence-corrected chi connectivity index (χ4v) is 5.70. The highest BCUT2D eigenvalue weighted by molar-refractivity contribution is 5.91. The van der Waals surface area contributed by atoms with Crippen LogP contribution in [-0.4, -0.2) is 65.1 Å². The SMILES string of the molecule is Cc1nc(N[C@H](C)c2cccc(C(F)(F)F)c2F)c2c(n1)C1(CCN(C)C1)C(=O)N([C@@H]1CCOC1)C2. The first-order valence-corrected chi connectivity index (χ1v) is 12.1. The number of carbonyl (C=O) groups is 1. The molecule has 1 N–H and O–H groups in total. The van der Waals surface area contributed by atoms with Crippen LogP contribution in [0.5, 0.6) is 0 Å². The van der Waals surface area contributed by atoms with Gasteiger partial charge in [-0.3, -0.25) is 4.79 Å².